The average molecular weight is 398 g/mol. The predicted octanol–water partition coefficient (Wildman–Crippen LogP) is 2.86. The van der Waals surface area contributed by atoms with Crippen LogP contribution < -0.4 is 20.3 Å². The van der Waals surface area contributed by atoms with Crippen LogP contribution in [-0.4, -0.2) is 49.2 Å². The van der Waals surface area contributed by atoms with Crippen LogP contribution in [-0.2, 0) is 11.2 Å². The van der Waals surface area contributed by atoms with Crippen LogP contribution in [0.15, 0.2) is 24.3 Å². The third-order valence-corrected chi connectivity index (χ3v) is 5.08. The molecule has 3 rings (SSSR count). The topological polar surface area (TPSA) is 79.4 Å². The smallest absolute Gasteiger partial charge is 0.224 e. The van der Waals surface area contributed by atoms with Gasteiger partial charge in [-0.05, 0) is 50.3 Å². The number of carbonyl (C=O) groups excluding carboxylic acids is 1. The van der Waals surface area contributed by atoms with Crippen molar-refractivity contribution in [1.29, 1.82) is 0 Å². The summed E-state index contributed by atoms with van der Waals surface area (Å²) < 4.78 is 5.26. The molecule has 2 heterocycles. The number of rotatable bonds is 8. The van der Waals surface area contributed by atoms with Crippen LogP contribution in [0.3, 0.4) is 0 Å². The van der Waals surface area contributed by atoms with E-state index >= 15 is 0 Å². The van der Waals surface area contributed by atoms with Crippen molar-refractivity contribution in [1.82, 2.24) is 15.3 Å². The SMILES string of the molecule is COc1ccc(CC(=O)NCCNc2cc(N3CCCCC3)nc(C)n2)cc1C. The maximum Gasteiger partial charge on any atom is 0.224 e. The fraction of sp³-hybridized carbons (Fsp3) is 0.500. The first-order valence-corrected chi connectivity index (χ1v) is 10.3. The van der Waals surface area contributed by atoms with Gasteiger partial charge in [0.2, 0.25) is 5.91 Å². The molecule has 0 unspecified atom stereocenters. The van der Waals surface area contributed by atoms with E-state index in [1.54, 1.807) is 7.11 Å². The molecule has 0 radical (unpaired) electrons. The van der Waals surface area contributed by atoms with Gasteiger partial charge in [0.05, 0.1) is 13.5 Å². The maximum absolute atomic E-state index is 12.2. The van der Waals surface area contributed by atoms with Crippen LogP contribution >= 0.6 is 0 Å². The van der Waals surface area contributed by atoms with E-state index in [9.17, 15) is 4.79 Å². The molecule has 0 atom stereocenters. The lowest BCUT2D eigenvalue weighted by Gasteiger charge is -2.28. The Morgan fingerprint density at radius 1 is 1.10 bits per heavy atom. The Morgan fingerprint density at radius 3 is 2.62 bits per heavy atom. The molecule has 7 nitrogen and oxygen atoms in total. The van der Waals surface area contributed by atoms with Crippen molar-refractivity contribution in [3.63, 3.8) is 0 Å². The lowest BCUT2D eigenvalue weighted by atomic mass is 10.1. The van der Waals surface area contributed by atoms with Gasteiger partial charge in [-0.25, -0.2) is 9.97 Å². The number of amides is 1. The number of hydrogen-bond donors (Lipinski definition) is 2. The molecular formula is C22H31N5O2. The zero-order valence-electron chi connectivity index (χ0n) is 17.6. The summed E-state index contributed by atoms with van der Waals surface area (Å²) in [6.45, 7) is 7.15. The summed E-state index contributed by atoms with van der Waals surface area (Å²) in [4.78, 5) is 23.6. The summed E-state index contributed by atoms with van der Waals surface area (Å²) in [6.07, 6.45) is 4.08. The molecule has 1 fully saturated rings. The first kappa shape index (κ1) is 20.9. The summed E-state index contributed by atoms with van der Waals surface area (Å²) in [5, 5.41) is 6.25. The lowest BCUT2D eigenvalue weighted by molar-refractivity contribution is -0.120. The van der Waals surface area contributed by atoms with Gasteiger partial charge in [0, 0.05) is 32.2 Å². The molecule has 7 heteroatoms. The van der Waals surface area contributed by atoms with E-state index in [1.165, 1.54) is 19.3 Å². The molecular weight excluding hydrogens is 366 g/mol. The number of benzene rings is 1. The van der Waals surface area contributed by atoms with Crippen LogP contribution in [0.5, 0.6) is 5.75 Å². The summed E-state index contributed by atoms with van der Waals surface area (Å²) in [5.74, 6) is 3.39. The highest BCUT2D eigenvalue weighted by Gasteiger charge is 2.13. The molecule has 1 saturated heterocycles. The van der Waals surface area contributed by atoms with Gasteiger partial charge in [-0.2, -0.15) is 0 Å². The molecule has 0 saturated carbocycles. The Bertz CT molecular complexity index is 834. The van der Waals surface area contributed by atoms with Crippen LogP contribution in [0.2, 0.25) is 0 Å². The molecule has 156 valence electrons. The molecule has 1 aromatic heterocycles. The number of aromatic nitrogens is 2. The second-order valence-electron chi connectivity index (χ2n) is 7.46. The Hall–Kier alpha value is -2.83. The summed E-state index contributed by atoms with van der Waals surface area (Å²) in [7, 11) is 1.65. The molecule has 0 aliphatic carbocycles. The zero-order chi connectivity index (χ0) is 20.6. The number of piperidine rings is 1. The monoisotopic (exact) mass is 397 g/mol. The van der Waals surface area contributed by atoms with Gasteiger partial charge < -0.3 is 20.3 Å². The van der Waals surface area contributed by atoms with Crippen LogP contribution in [0, 0.1) is 13.8 Å². The first-order valence-electron chi connectivity index (χ1n) is 10.3. The highest BCUT2D eigenvalue weighted by Crippen LogP contribution is 2.20. The number of nitrogens with zero attached hydrogens (tertiary/aromatic N) is 3. The highest BCUT2D eigenvalue weighted by atomic mass is 16.5. The Kier molecular flexibility index (Phi) is 7.27. The number of carbonyl (C=O) groups is 1. The fourth-order valence-electron chi connectivity index (χ4n) is 3.62. The Balaban J connectivity index is 1.45. The van der Waals surface area contributed by atoms with Gasteiger partial charge in [0.1, 0.15) is 23.2 Å². The third kappa shape index (κ3) is 6.07. The number of ether oxygens (including phenoxy) is 1. The Labute approximate surface area is 172 Å². The minimum absolute atomic E-state index is 0.00393. The average Bonchev–Trinajstić information content (AvgIpc) is 2.72. The summed E-state index contributed by atoms with van der Waals surface area (Å²) >= 11 is 0. The molecule has 1 aliphatic heterocycles. The molecule has 0 bridgehead atoms. The van der Waals surface area contributed by atoms with E-state index in [4.69, 9.17) is 4.74 Å². The summed E-state index contributed by atoms with van der Waals surface area (Å²) in [6, 6.07) is 7.81. The van der Waals surface area contributed by atoms with Crippen molar-refractivity contribution in [3.8, 4) is 5.75 Å². The van der Waals surface area contributed by atoms with E-state index in [0.29, 0.717) is 19.5 Å². The number of aryl methyl sites for hydroxylation is 2. The van der Waals surface area contributed by atoms with Crippen molar-refractivity contribution in [2.45, 2.75) is 39.5 Å². The second kappa shape index (κ2) is 10.1. The molecule has 29 heavy (non-hydrogen) atoms. The van der Waals surface area contributed by atoms with E-state index < -0.39 is 0 Å². The van der Waals surface area contributed by atoms with Gasteiger partial charge in [-0.15, -0.1) is 0 Å². The molecule has 2 aromatic rings. The van der Waals surface area contributed by atoms with Gasteiger partial charge in [-0.1, -0.05) is 12.1 Å². The van der Waals surface area contributed by atoms with E-state index in [1.807, 2.05) is 38.1 Å². The largest absolute Gasteiger partial charge is 0.496 e. The number of methoxy groups -OCH3 is 1. The minimum Gasteiger partial charge on any atom is -0.496 e. The zero-order valence-corrected chi connectivity index (χ0v) is 17.6. The van der Waals surface area contributed by atoms with E-state index in [-0.39, 0.29) is 5.91 Å². The fourth-order valence-corrected chi connectivity index (χ4v) is 3.62. The molecule has 1 aromatic carbocycles. The van der Waals surface area contributed by atoms with Crippen molar-refractivity contribution in [3.05, 3.63) is 41.2 Å². The van der Waals surface area contributed by atoms with Gasteiger partial charge >= 0.3 is 0 Å². The molecule has 1 aliphatic rings. The Morgan fingerprint density at radius 2 is 1.90 bits per heavy atom. The molecule has 2 N–H and O–H groups in total. The maximum atomic E-state index is 12.2. The third-order valence-electron chi connectivity index (χ3n) is 5.08. The van der Waals surface area contributed by atoms with Crippen molar-refractivity contribution >= 4 is 17.5 Å². The summed E-state index contributed by atoms with van der Waals surface area (Å²) in [5.41, 5.74) is 2.01. The lowest BCUT2D eigenvalue weighted by Crippen LogP contribution is -2.31. The van der Waals surface area contributed by atoms with Crippen LogP contribution in [0.4, 0.5) is 11.6 Å². The van der Waals surface area contributed by atoms with E-state index in [2.05, 4.69) is 25.5 Å². The molecule has 0 spiro atoms. The van der Waals surface area contributed by atoms with Crippen molar-refractivity contribution < 1.29 is 9.53 Å². The van der Waals surface area contributed by atoms with Gasteiger partial charge in [0.25, 0.3) is 0 Å². The predicted molar refractivity (Wildman–Crippen MR) is 116 cm³/mol. The van der Waals surface area contributed by atoms with Crippen LogP contribution in [0.1, 0.15) is 36.2 Å². The quantitative estimate of drug-likeness (QED) is 0.667. The number of hydrogen-bond acceptors (Lipinski definition) is 6. The van der Waals surface area contributed by atoms with Gasteiger partial charge in [0.15, 0.2) is 0 Å². The van der Waals surface area contributed by atoms with E-state index in [0.717, 1.165) is 47.4 Å². The van der Waals surface area contributed by atoms with Gasteiger partial charge in [-0.3, -0.25) is 4.79 Å². The first-order chi connectivity index (χ1) is 14.0. The number of nitrogens with one attached hydrogen (secondary N) is 2. The van der Waals surface area contributed by atoms with Crippen molar-refractivity contribution in [2.75, 3.05) is 43.5 Å². The second-order valence-corrected chi connectivity index (χ2v) is 7.46. The standard InChI is InChI=1S/C22H31N5O2/c1-16-13-18(7-8-19(16)29-3)14-22(28)24-10-9-23-20-15-21(26-17(2)25-20)27-11-5-4-6-12-27/h7-8,13,15H,4-6,9-12,14H2,1-3H3,(H,24,28)(H,23,25,26). The van der Waals surface area contributed by atoms with Crippen LogP contribution in [0.25, 0.3) is 0 Å². The number of anilines is 2. The highest BCUT2D eigenvalue weighted by molar-refractivity contribution is 5.78. The normalized spacial score (nSPS) is 13.8. The minimum atomic E-state index is 0.00393. The van der Waals surface area contributed by atoms with Crippen molar-refractivity contribution in [2.24, 2.45) is 0 Å². The molecule has 1 amide bonds.